The van der Waals surface area contributed by atoms with Crippen molar-refractivity contribution in [2.45, 2.75) is 12.5 Å². The Balaban J connectivity index is 2.20. The highest BCUT2D eigenvalue weighted by molar-refractivity contribution is 14.1. The average Bonchev–Trinajstić information content (AvgIpc) is 2.71. The SMILES string of the molecule is CNC(Cc1cc(F)cc(Br)c1)c1csc(I)c1. The van der Waals surface area contributed by atoms with Crippen molar-refractivity contribution in [2.24, 2.45) is 0 Å². The van der Waals surface area contributed by atoms with Crippen LogP contribution in [0.5, 0.6) is 0 Å². The normalized spacial score (nSPS) is 12.7. The fraction of sp³-hybridized carbons (Fsp3) is 0.231. The van der Waals surface area contributed by atoms with Crippen LogP contribution in [-0.4, -0.2) is 7.05 Å². The van der Waals surface area contributed by atoms with Crippen LogP contribution in [0.15, 0.2) is 34.1 Å². The number of hydrogen-bond acceptors (Lipinski definition) is 2. The molecule has 1 N–H and O–H groups in total. The van der Waals surface area contributed by atoms with Gasteiger partial charge in [-0.05, 0) is 76.8 Å². The molecular formula is C13H12BrFINS. The highest BCUT2D eigenvalue weighted by Crippen LogP contribution is 2.26. The van der Waals surface area contributed by atoms with Gasteiger partial charge in [-0.2, -0.15) is 0 Å². The average molecular weight is 440 g/mol. The summed E-state index contributed by atoms with van der Waals surface area (Å²) < 4.78 is 15.4. The minimum atomic E-state index is -0.200. The molecule has 18 heavy (non-hydrogen) atoms. The van der Waals surface area contributed by atoms with Crippen molar-refractivity contribution >= 4 is 49.9 Å². The lowest BCUT2D eigenvalue weighted by molar-refractivity contribution is 0.585. The van der Waals surface area contributed by atoms with Crippen molar-refractivity contribution in [2.75, 3.05) is 7.05 Å². The monoisotopic (exact) mass is 439 g/mol. The van der Waals surface area contributed by atoms with Gasteiger partial charge in [0.25, 0.3) is 0 Å². The number of thiophene rings is 1. The summed E-state index contributed by atoms with van der Waals surface area (Å²) in [6.45, 7) is 0. The molecule has 0 spiro atoms. The molecule has 96 valence electrons. The van der Waals surface area contributed by atoms with Crippen LogP contribution in [0.2, 0.25) is 0 Å². The third kappa shape index (κ3) is 3.76. The number of hydrogen-bond donors (Lipinski definition) is 1. The third-order valence-electron chi connectivity index (χ3n) is 2.70. The highest BCUT2D eigenvalue weighted by atomic mass is 127. The molecule has 1 nitrogen and oxygen atoms in total. The van der Waals surface area contributed by atoms with E-state index in [4.69, 9.17) is 0 Å². The molecule has 0 aliphatic rings. The molecule has 0 bridgehead atoms. The lowest BCUT2D eigenvalue weighted by Gasteiger charge is -2.15. The number of benzene rings is 1. The third-order valence-corrected chi connectivity index (χ3v) is 4.97. The van der Waals surface area contributed by atoms with Crippen LogP contribution in [-0.2, 0) is 6.42 Å². The molecule has 0 aliphatic heterocycles. The first-order valence-corrected chi connectivity index (χ1v) is 8.20. The van der Waals surface area contributed by atoms with Crippen LogP contribution in [0.1, 0.15) is 17.2 Å². The number of halogens is 3. The van der Waals surface area contributed by atoms with E-state index in [1.54, 1.807) is 17.4 Å². The summed E-state index contributed by atoms with van der Waals surface area (Å²) >= 11 is 7.37. The Kier molecular flexibility index (Phi) is 5.17. The summed E-state index contributed by atoms with van der Waals surface area (Å²) in [6.07, 6.45) is 0.777. The maximum Gasteiger partial charge on any atom is 0.124 e. The minimum absolute atomic E-state index is 0.200. The van der Waals surface area contributed by atoms with Gasteiger partial charge in [0.1, 0.15) is 5.82 Å². The molecule has 2 aromatic rings. The van der Waals surface area contributed by atoms with E-state index in [-0.39, 0.29) is 11.9 Å². The Hall–Kier alpha value is 0.0200. The van der Waals surface area contributed by atoms with Crippen molar-refractivity contribution in [3.05, 3.63) is 53.9 Å². The Morgan fingerprint density at radius 2 is 2.17 bits per heavy atom. The van der Waals surface area contributed by atoms with Gasteiger partial charge in [0, 0.05) is 10.5 Å². The highest BCUT2D eigenvalue weighted by Gasteiger charge is 2.12. The van der Waals surface area contributed by atoms with E-state index in [0.29, 0.717) is 0 Å². The molecule has 1 heterocycles. The Morgan fingerprint density at radius 3 is 2.72 bits per heavy atom. The van der Waals surface area contributed by atoms with E-state index in [2.05, 4.69) is 55.3 Å². The first-order chi connectivity index (χ1) is 8.58. The predicted molar refractivity (Wildman–Crippen MR) is 86.6 cm³/mol. The zero-order valence-corrected chi connectivity index (χ0v) is 14.3. The van der Waals surface area contributed by atoms with Gasteiger partial charge in [-0.1, -0.05) is 15.9 Å². The second kappa shape index (κ2) is 6.45. The van der Waals surface area contributed by atoms with Crippen LogP contribution in [0.25, 0.3) is 0 Å². The first-order valence-electron chi connectivity index (χ1n) is 5.44. The van der Waals surface area contributed by atoms with Crippen molar-refractivity contribution in [1.82, 2.24) is 5.32 Å². The maximum atomic E-state index is 13.3. The molecule has 0 amide bonds. The van der Waals surface area contributed by atoms with E-state index >= 15 is 0 Å². The van der Waals surface area contributed by atoms with Crippen molar-refractivity contribution in [3.63, 3.8) is 0 Å². The summed E-state index contributed by atoms with van der Waals surface area (Å²) in [6, 6.07) is 7.42. The first kappa shape index (κ1) is 14.4. The summed E-state index contributed by atoms with van der Waals surface area (Å²) in [7, 11) is 1.93. The summed E-state index contributed by atoms with van der Waals surface area (Å²) in [5, 5.41) is 5.43. The van der Waals surface area contributed by atoms with Gasteiger partial charge in [0.2, 0.25) is 0 Å². The van der Waals surface area contributed by atoms with Gasteiger partial charge in [0.15, 0.2) is 0 Å². The quantitative estimate of drug-likeness (QED) is 0.677. The van der Waals surface area contributed by atoms with Gasteiger partial charge in [0.05, 0.1) is 2.88 Å². The Bertz CT molecular complexity index is 523. The smallest absolute Gasteiger partial charge is 0.124 e. The van der Waals surface area contributed by atoms with Gasteiger partial charge in [-0.15, -0.1) is 11.3 Å². The molecule has 1 aromatic carbocycles. The van der Waals surface area contributed by atoms with Gasteiger partial charge in [-0.3, -0.25) is 0 Å². The number of likely N-dealkylation sites (N-methyl/N-ethyl adjacent to an activating group) is 1. The zero-order chi connectivity index (χ0) is 13.1. The van der Waals surface area contributed by atoms with Crippen molar-refractivity contribution < 1.29 is 4.39 Å². The van der Waals surface area contributed by atoms with Gasteiger partial charge < -0.3 is 5.32 Å². The molecule has 0 aliphatic carbocycles. The minimum Gasteiger partial charge on any atom is -0.313 e. The summed E-state index contributed by atoms with van der Waals surface area (Å²) in [4.78, 5) is 0. The molecule has 0 fully saturated rings. The van der Waals surface area contributed by atoms with E-state index in [1.165, 1.54) is 14.5 Å². The molecule has 0 radical (unpaired) electrons. The second-order valence-electron chi connectivity index (χ2n) is 4.01. The summed E-state index contributed by atoms with van der Waals surface area (Å²) in [5.74, 6) is -0.200. The topological polar surface area (TPSA) is 12.0 Å². The molecule has 2 rings (SSSR count). The van der Waals surface area contributed by atoms with Crippen molar-refractivity contribution in [3.8, 4) is 0 Å². The van der Waals surface area contributed by atoms with Crippen LogP contribution in [0.3, 0.4) is 0 Å². The number of rotatable bonds is 4. The van der Waals surface area contributed by atoms with E-state index in [1.807, 2.05) is 13.1 Å². The predicted octanol–water partition coefficient (Wildman–Crippen LogP) is 4.76. The van der Waals surface area contributed by atoms with E-state index in [9.17, 15) is 4.39 Å². The largest absolute Gasteiger partial charge is 0.313 e. The molecule has 1 aromatic heterocycles. The van der Waals surface area contributed by atoms with Crippen LogP contribution in [0.4, 0.5) is 4.39 Å². The van der Waals surface area contributed by atoms with Crippen LogP contribution in [0, 0.1) is 8.70 Å². The lowest BCUT2D eigenvalue weighted by atomic mass is 10.0. The standard InChI is InChI=1S/C13H12BrFINS/c1-17-12(9-5-13(16)18-7-9)4-8-2-10(14)6-11(15)3-8/h2-3,5-7,12,17H,4H2,1H3. The fourth-order valence-corrected chi connectivity index (χ4v) is 3.80. The van der Waals surface area contributed by atoms with Crippen LogP contribution >= 0.6 is 49.9 Å². The van der Waals surface area contributed by atoms with Gasteiger partial charge >= 0.3 is 0 Å². The molecular weight excluding hydrogens is 428 g/mol. The fourth-order valence-electron chi connectivity index (χ4n) is 1.86. The zero-order valence-electron chi connectivity index (χ0n) is 9.71. The molecule has 5 heteroatoms. The Labute approximate surface area is 132 Å². The lowest BCUT2D eigenvalue weighted by Crippen LogP contribution is -2.18. The molecule has 0 saturated heterocycles. The van der Waals surface area contributed by atoms with Gasteiger partial charge in [-0.25, -0.2) is 4.39 Å². The van der Waals surface area contributed by atoms with Crippen molar-refractivity contribution in [1.29, 1.82) is 0 Å². The van der Waals surface area contributed by atoms with Crippen LogP contribution < -0.4 is 5.32 Å². The number of nitrogens with one attached hydrogen (secondary N) is 1. The Morgan fingerprint density at radius 1 is 1.39 bits per heavy atom. The molecule has 0 saturated carbocycles. The van der Waals surface area contributed by atoms with E-state index in [0.717, 1.165) is 16.5 Å². The molecule has 1 unspecified atom stereocenters. The van der Waals surface area contributed by atoms with E-state index < -0.39 is 0 Å². The molecule has 1 atom stereocenters. The second-order valence-corrected chi connectivity index (χ2v) is 7.73. The maximum absolute atomic E-state index is 13.3. The summed E-state index contributed by atoms with van der Waals surface area (Å²) in [5.41, 5.74) is 2.25.